The number of benzene rings is 1. The molecule has 1 aromatic rings. The van der Waals surface area contributed by atoms with Gasteiger partial charge in [-0.3, -0.25) is 4.79 Å². The average Bonchev–Trinajstić information content (AvgIpc) is 2.31. The predicted molar refractivity (Wildman–Crippen MR) is 61.4 cm³/mol. The maximum Gasteiger partial charge on any atom is 0.340 e. The summed E-state index contributed by atoms with van der Waals surface area (Å²) in [6, 6.07) is 0. The lowest BCUT2D eigenvalue weighted by Crippen LogP contribution is -2.10. The Kier molecular flexibility index (Phi) is 3.73. The van der Waals surface area contributed by atoms with Crippen molar-refractivity contribution in [3.05, 3.63) is 22.3 Å². The Morgan fingerprint density at radius 1 is 1.12 bits per heavy atom. The number of aromatic carboxylic acids is 1. The van der Waals surface area contributed by atoms with Crippen molar-refractivity contribution in [1.29, 1.82) is 0 Å². The number of ether oxygens (including phenoxy) is 2. The second-order valence-corrected chi connectivity index (χ2v) is 3.53. The van der Waals surface area contributed by atoms with Gasteiger partial charge < -0.3 is 14.6 Å². The summed E-state index contributed by atoms with van der Waals surface area (Å²) in [5.41, 5.74) is 1.17. The van der Waals surface area contributed by atoms with Gasteiger partial charge in [0.15, 0.2) is 6.29 Å². The van der Waals surface area contributed by atoms with Gasteiger partial charge in [0.25, 0.3) is 0 Å². The smallest absolute Gasteiger partial charge is 0.340 e. The minimum atomic E-state index is -1.22. The van der Waals surface area contributed by atoms with Gasteiger partial charge in [-0.15, -0.1) is 0 Å². The minimum Gasteiger partial charge on any atom is -0.496 e. The fourth-order valence-electron chi connectivity index (χ4n) is 1.81. The highest BCUT2D eigenvalue weighted by Crippen LogP contribution is 2.37. The molecule has 0 aliphatic heterocycles. The van der Waals surface area contributed by atoms with Crippen LogP contribution in [0.2, 0.25) is 0 Å². The average molecular weight is 238 g/mol. The summed E-state index contributed by atoms with van der Waals surface area (Å²) in [6.07, 6.45) is 0.469. The van der Waals surface area contributed by atoms with Crippen LogP contribution in [0, 0.1) is 13.8 Å². The van der Waals surface area contributed by atoms with E-state index in [0.717, 1.165) is 0 Å². The Morgan fingerprint density at radius 2 is 1.59 bits per heavy atom. The second kappa shape index (κ2) is 4.86. The van der Waals surface area contributed by atoms with E-state index in [1.54, 1.807) is 13.8 Å². The van der Waals surface area contributed by atoms with Gasteiger partial charge in [0, 0.05) is 0 Å². The number of carboxylic acids is 1. The lowest BCUT2D eigenvalue weighted by atomic mass is 9.97. The van der Waals surface area contributed by atoms with Gasteiger partial charge in [-0.1, -0.05) is 0 Å². The second-order valence-electron chi connectivity index (χ2n) is 3.53. The summed E-state index contributed by atoms with van der Waals surface area (Å²) in [6.45, 7) is 3.47. The van der Waals surface area contributed by atoms with E-state index >= 15 is 0 Å². The Labute approximate surface area is 99.0 Å². The SMILES string of the molecule is COc1c(C)c(C)c(OC)c(C(=O)O)c1C=O. The van der Waals surface area contributed by atoms with Gasteiger partial charge in [-0.2, -0.15) is 0 Å². The van der Waals surface area contributed by atoms with Crippen LogP contribution in [0.1, 0.15) is 31.8 Å². The first-order valence-electron chi connectivity index (χ1n) is 4.93. The lowest BCUT2D eigenvalue weighted by Gasteiger charge is -2.17. The number of methoxy groups -OCH3 is 2. The van der Waals surface area contributed by atoms with Crippen molar-refractivity contribution in [2.24, 2.45) is 0 Å². The highest BCUT2D eigenvalue weighted by atomic mass is 16.5. The molecule has 0 spiro atoms. The minimum absolute atomic E-state index is 0.0000463. The van der Waals surface area contributed by atoms with Crippen LogP contribution in [-0.2, 0) is 0 Å². The standard InChI is InChI=1S/C12H14O5/c1-6-7(2)11(17-4)9(12(14)15)8(5-13)10(6)16-3/h5H,1-4H3,(H,14,15). The van der Waals surface area contributed by atoms with E-state index in [1.165, 1.54) is 14.2 Å². The van der Waals surface area contributed by atoms with Crippen LogP contribution >= 0.6 is 0 Å². The molecule has 5 heteroatoms. The molecule has 0 amide bonds. The molecule has 0 unspecified atom stereocenters. The zero-order chi connectivity index (χ0) is 13.2. The fourth-order valence-corrected chi connectivity index (χ4v) is 1.81. The van der Waals surface area contributed by atoms with Crippen LogP contribution in [0.25, 0.3) is 0 Å². The molecule has 0 aliphatic carbocycles. The lowest BCUT2D eigenvalue weighted by molar-refractivity contribution is 0.0689. The molecule has 0 bridgehead atoms. The van der Waals surface area contributed by atoms with Gasteiger partial charge in [0.2, 0.25) is 0 Å². The summed E-state index contributed by atoms with van der Waals surface area (Å²) in [5.74, 6) is -0.751. The zero-order valence-corrected chi connectivity index (χ0v) is 10.2. The van der Waals surface area contributed by atoms with Crippen molar-refractivity contribution >= 4 is 12.3 Å². The highest BCUT2D eigenvalue weighted by Gasteiger charge is 2.25. The maximum absolute atomic E-state index is 11.2. The number of aldehydes is 1. The molecule has 0 aromatic heterocycles. The Balaban J connectivity index is 3.82. The quantitative estimate of drug-likeness (QED) is 0.810. The maximum atomic E-state index is 11.2. The van der Waals surface area contributed by atoms with Gasteiger partial charge in [0.1, 0.15) is 17.1 Å². The third kappa shape index (κ3) is 1.95. The van der Waals surface area contributed by atoms with E-state index in [9.17, 15) is 9.59 Å². The number of carbonyl (C=O) groups is 2. The van der Waals surface area contributed by atoms with Crippen LogP contribution in [0.4, 0.5) is 0 Å². The van der Waals surface area contributed by atoms with Crippen LogP contribution in [0.3, 0.4) is 0 Å². The van der Waals surface area contributed by atoms with Gasteiger partial charge in [0.05, 0.1) is 19.8 Å². The van der Waals surface area contributed by atoms with Crippen LogP contribution in [0.15, 0.2) is 0 Å². The number of rotatable bonds is 4. The molecule has 0 atom stereocenters. The molecule has 0 saturated heterocycles. The van der Waals surface area contributed by atoms with Crippen LogP contribution in [0.5, 0.6) is 11.5 Å². The van der Waals surface area contributed by atoms with Crippen molar-refractivity contribution in [3.8, 4) is 11.5 Å². The molecule has 0 heterocycles. The van der Waals surface area contributed by atoms with Crippen LogP contribution < -0.4 is 9.47 Å². The predicted octanol–water partition coefficient (Wildman–Crippen LogP) is 1.83. The van der Waals surface area contributed by atoms with Crippen molar-refractivity contribution in [3.63, 3.8) is 0 Å². The molecule has 92 valence electrons. The number of carbonyl (C=O) groups excluding carboxylic acids is 1. The molecule has 1 rings (SSSR count). The highest BCUT2D eigenvalue weighted by molar-refractivity contribution is 6.02. The monoisotopic (exact) mass is 238 g/mol. The first-order chi connectivity index (χ1) is 7.99. The molecule has 17 heavy (non-hydrogen) atoms. The van der Waals surface area contributed by atoms with E-state index in [0.29, 0.717) is 17.4 Å². The summed E-state index contributed by atoms with van der Waals surface area (Å²) < 4.78 is 10.2. The summed E-state index contributed by atoms with van der Waals surface area (Å²) in [4.78, 5) is 22.2. The van der Waals surface area contributed by atoms with Gasteiger partial charge >= 0.3 is 5.97 Å². The van der Waals surface area contributed by atoms with E-state index in [4.69, 9.17) is 14.6 Å². The first kappa shape index (κ1) is 13.0. The summed E-state index contributed by atoms with van der Waals surface area (Å²) >= 11 is 0. The Hall–Kier alpha value is -2.04. The molecule has 1 N–H and O–H groups in total. The molecule has 1 aromatic carbocycles. The number of hydrogen-bond acceptors (Lipinski definition) is 4. The molecule has 0 aliphatic rings. The van der Waals surface area contributed by atoms with E-state index in [1.807, 2.05) is 0 Å². The van der Waals surface area contributed by atoms with Crippen LogP contribution in [-0.4, -0.2) is 31.6 Å². The molecule has 5 nitrogen and oxygen atoms in total. The zero-order valence-electron chi connectivity index (χ0n) is 10.2. The Morgan fingerprint density at radius 3 is 1.94 bits per heavy atom. The third-order valence-electron chi connectivity index (χ3n) is 2.72. The largest absolute Gasteiger partial charge is 0.496 e. The number of hydrogen-bond donors (Lipinski definition) is 1. The first-order valence-corrected chi connectivity index (χ1v) is 4.93. The normalized spacial score (nSPS) is 9.88. The van der Waals surface area contributed by atoms with Crippen molar-refractivity contribution in [2.75, 3.05) is 14.2 Å². The summed E-state index contributed by atoms with van der Waals surface area (Å²) in [5, 5.41) is 9.15. The van der Waals surface area contributed by atoms with Crippen molar-refractivity contribution in [1.82, 2.24) is 0 Å². The summed E-state index contributed by atoms with van der Waals surface area (Å²) in [7, 11) is 2.77. The number of carboxylic acid groups (broad SMARTS) is 1. The molecule has 0 fully saturated rings. The molecular formula is C12H14O5. The van der Waals surface area contributed by atoms with Gasteiger partial charge in [-0.25, -0.2) is 4.79 Å². The van der Waals surface area contributed by atoms with E-state index < -0.39 is 5.97 Å². The van der Waals surface area contributed by atoms with E-state index in [2.05, 4.69) is 0 Å². The van der Waals surface area contributed by atoms with Crippen molar-refractivity contribution in [2.45, 2.75) is 13.8 Å². The fraction of sp³-hybridized carbons (Fsp3) is 0.333. The molecular weight excluding hydrogens is 224 g/mol. The van der Waals surface area contributed by atoms with Gasteiger partial charge in [-0.05, 0) is 25.0 Å². The Bertz CT molecular complexity index is 477. The van der Waals surface area contributed by atoms with E-state index in [-0.39, 0.29) is 22.6 Å². The molecule has 0 saturated carbocycles. The van der Waals surface area contributed by atoms with Crippen molar-refractivity contribution < 1.29 is 24.2 Å². The topological polar surface area (TPSA) is 72.8 Å². The molecule has 0 radical (unpaired) electrons. The third-order valence-corrected chi connectivity index (χ3v) is 2.72.